The first-order valence-corrected chi connectivity index (χ1v) is 7.14. The summed E-state index contributed by atoms with van der Waals surface area (Å²) < 4.78 is 0. The molecule has 0 amide bonds. The summed E-state index contributed by atoms with van der Waals surface area (Å²) in [5.41, 5.74) is 2.81. The molecule has 0 aliphatic rings. The highest BCUT2D eigenvalue weighted by molar-refractivity contribution is 6.30. The van der Waals surface area contributed by atoms with Gasteiger partial charge in [-0.25, -0.2) is 4.79 Å². The molecule has 110 valence electrons. The fourth-order valence-corrected chi connectivity index (χ4v) is 1.98. The van der Waals surface area contributed by atoms with Crippen molar-refractivity contribution in [3.63, 3.8) is 0 Å². The minimum absolute atomic E-state index is 0.254. The third-order valence-electron chi connectivity index (χ3n) is 2.97. The molecule has 0 aliphatic heterocycles. The van der Waals surface area contributed by atoms with Gasteiger partial charge in [-0.1, -0.05) is 72.3 Å². The van der Waals surface area contributed by atoms with Crippen molar-refractivity contribution in [3.05, 3.63) is 95.5 Å². The maximum atomic E-state index is 10.3. The number of hydrogen-bond donors (Lipinski definition) is 1. The lowest BCUT2D eigenvalue weighted by Crippen LogP contribution is -1.94. The molecule has 3 heteroatoms. The SMILES string of the molecule is O=C(O)c1ccc(Cl)cc1.c1ccc(-c2ccccc2)cc1. The Morgan fingerprint density at radius 1 is 0.682 bits per heavy atom. The summed E-state index contributed by atoms with van der Waals surface area (Å²) in [6, 6.07) is 26.8. The molecule has 0 heterocycles. The van der Waals surface area contributed by atoms with Crippen LogP contribution in [0.4, 0.5) is 0 Å². The number of rotatable bonds is 2. The Morgan fingerprint density at radius 3 is 1.45 bits per heavy atom. The lowest BCUT2D eigenvalue weighted by molar-refractivity contribution is 0.0697. The molecule has 0 radical (unpaired) electrons. The Hall–Kier alpha value is -2.58. The summed E-state index contributed by atoms with van der Waals surface area (Å²) >= 11 is 5.52. The second-order valence-corrected chi connectivity index (χ2v) is 4.98. The average Bonchev–Trinajstić information content (AvgIpc) is 2.57. The molecule has 0 saturated heterocycles. The van der Waals surface area contributed by atoms with E-state index in [0.29, 0.717) is 5.02 Å². The van der Waals surface area contributed by atoms with E-state index in [4.69, 9.17) is 16.7 Å². The summed E-state index contributed by atoms with van der Waals surface area (Å²) in [7, 11) is 0. The summed E-state index contributed by atoms with van der Waals surface area (Å²) in [5, 5.41) is 8.98. The van der Waals surface area contributed by atoms with Crippen LogP contribution in [0.5, 0.6) is 0 Å². The van der Waals surface area contributed by atoms with Gasteiger partial charge in [0, 0.05) is 5.02 Å². The van der Waals surface area contributed by atoms with Gasteiger partial charge in [-0.3, -0.25) is 0 Å². The number of carboxylic acid groups (broad SMARTS) is 1. The van der Waals surface area contributed by atoms with Crippen molar-refractivity contribution < 1.29 is 9.90 Å². The molecule has 0 atom stereocenters. The topological polar surface area (TPSA) is 37.3 Å². The maximum Gasteiger partial charge on any atom is 0.335 e. The van der Waals surface area contributed by atoms with Crippen LogP contribution >= 0.6 is 11.6 Å². The Bertz CT molecular complexity index is 670. The predicted octanol–water partition coefficient (Wildman–Crippen LogP) is 5.39. The van der Waals surface area contributed by atoms with Crippen LogP contribution in [0.25, 0.3) is 11.1 Å². The van der Waals surface area contributed by atoms with E-state index < -0.39 is 5.97 Å². The van der Waals surface area contributed by atoms with E-state index in [1.165, 1.54) is 23.3 Å². The van der Waals surface area contributed by atoms with Gasteiger partial charge in [0.25, 0.3) is 0 Å². The molecule has 0 spiro atoms. The summed E-state index contributed by atoms with van der Waals surface area (Å²) in [6.45, 7) is 0. The van der Waals surface area contributed by atoms with Gasteiger partial charge in [-0.05, 0) is 35.4 Å². The predicted molar refractivity (Wildman–Crippen MR) is 90.3 cm³/mol. The fourth-order valence-electron chi connectivity index (χ4n) is 1.85. The number of aromatic carboxylic acids is 1. The van der Waals surface area contributed by atoms with Gasteiger partial charge in [0.05, 0.1) is 5.56 Å². The van der Waals surface area contributed by atoms with Crippen LogP contribution in [0.15, 0.2) is 84.9 Å². The number of carboxylic acids is 1. The molecule has 22 heavy (non-hydrogen) atoms. The maximum absolute atomic E-state index is 10.3. The first-order valence-electron chi connectivity index (χ1n) is 6.76. The van der Waals surface area contributed by atoms with Gasteiger partial charge < -0.3 is 5.11 Å². The van der Waals surface area contributed by atoms with E-state index >= 15 is 0 Å². The second kappa shape index (κ2) is 8.01. The van der Waals surface area contributed by atoms with Gasteiger partial charge in [-0.15, -0.1) is 0 Å². The van der Waals surface area contributed by atoms with Crippen molar-refractivity contribution in [1.29, 1.82) is 0 Å². The molecule has 0 fully saturated rings. The normalized spacial score (nSPS) is 9.50. The molecule has 0 unspecified atom stereocenters. The highest BCUT2D eigenvalue weighted by Gasteiger charge is 1.99. The number of carbonyl (C=O) groups is 1. The third-order valence-corrected chi connectivity index (χ3v) is 3.22. The zero-order valence-corrected chi connectivity index (χ0v) is 12.6. The van der Waals surface area contributed by atoms with Crippen molar-refractivity contribution in [2.75, 3.05) is 0 Å². The fraction of sp³-hybridized carbons (Fsp3) is 0. The Kier molecular flexibility index (Phi) is 5.75. The summed E-state index contributed by atoms with van der Waals surface area (Å²) in [4.78, 5) is 10.3. The van der Waals surface area contributed by atoms with Gasteiger partial charge in [0.2, 0.25) is 0 Å². The molecule has 0 saturated carbocycles. The number of hydrogen-bond acceptors (Lipinski definition) is 1. The number of halogens is 1. The molecule has 0 aromatic heterocycles. The zero-order valence-electron chi connectivity index (χ0n) is 11.8. The monoisotopic (exact) mass is 310 g/mol. The van der Waals surface area contributed by atoms with Crippen LogP contribution in [0.2, 0.25) is 5.02 Å². The van der Waals surface area contributed by atoms with Crippen molar-refractivity contribution in [1.82, 2.24) is 0 Å². The zero-order chi connectivity index (χ0) is 15.8. The molecule has 1 N–H and O–H groups in total. The van der Waals surface area contributed by atoms with Crippen LogP contribution in [-0.2, 0) is 0 Å². The van der Waals surface area contributed by atoms with E-state index in [0.717, 1.165) is 0 Å². The van der Waals surface area contributed by atoms with Crippen LogP contribution in [0.1, 0.15) is 10.4 Å². The smallest absolute Gasteiger partial charge is 0.335 e. The standard InChI is InChI=1S/C12H10.C7H5ClO2/c1-3-7-11(8-4-1)12-9-5-2-6-10-12;8-6-3-1-5(2-4-6)7(9)10/h1-10H;1-4H,(H,9,10). The van der Waals surface area contributed by atoms with Crippen LogP contribution in [0.3, 0.4) is 0 Å². The van der Waals surface area contributed by atoms with Crippen molar-refractivity contribution >= 4 is 17.6 Å². The van der Waals surface area contributed by atoms with Gasteiger partial charge in [-0.2, -0.15) is 0 Å². The number of benzene rings is 3. The van der Waals surface area contributed by atoms with E-state index in [-0.39, 0.29) is 5.56 Å². The minimum Gasteiger partial charge on any atom is -0.478 e. The van der Waals surface area contributed by atoms with Crippen LogP contribution in [0, 0.1) is 0 Å². The van der Waals surface area contributed by atoms with Crippen LogP contribution in [-0.4, -0.2) is 11.1 Å². The molecular formula is C19H15ClO2. The minimum atomic E-state index is -0.934. The first-order chi connectivity index (χ1) is 10.7. The largest absolute Gasteiger partial charge is 0.478 e. The van der Waals surface area contributed by atoms with Crippen molar-refractivity contribution in [2.24, 2.45) is 0 Å². The van der Waals surface area contributed by atoms with Gasteiger partial charge in [0.1, 0.15) is 0 Å². The van der Waals surface area contributed by atoms with Gasteiger partial charge in [0.15, 0.2) is 0 Å². The Labute approximate surface area is 134 Å². The Morgan fingerprint density at radius 2 is 1.09 bits per heavy atom. The van der Waals surface area contributed by atoms with E-state index in [9.17, 15) is 4.79 Å². The lowest BCUT2D eigenvalue weighted by atomic mass is 10.1. The molecule has 3 rings (SSSR count). The van der Waals surface area contributed by atoms with Crippen molar-refractivity contribution in [3.8, 4) is 11.1 Å². The van der Waals surface area contributed by atoms with E-state index in [1.54, 1.807) is 12.1 Å². The molecular weight excluding hydrogens is 296 g/mol. The first kappa shape index (κ1) is 15.8. The van der Waals surface area contributed by atoms with Crippen LogP contribution < -0.4 is 0 Å². The van der Waals surface area contributed by atoms with E-state index in [1.807, 2.05) is 12.1 Å². The average molecular weight is 311 g/mol. The Balaban J connectivity index is 0.000000164. The van der Waals surface area contributed by atoms with Crippen molar-refractivity contribution in [2.45, 2.75) is 0 Å². The second-order valence-electron chi connectivity index (χ2n) is 4.54. The molecule has 0 bridgehead atoms. The highest BCUT2D eigenvalue weighted by Crippen LogP contribution is 2.17. The summed E-state index contributed by atoms with van der Waals surface area (Å²) in [6.07, 6.45) is 0. The quantitative estimate of drug-likeness (QED) is 0.689. The van der Waals surface area contributed by atoms with E-state index in [2.05, 4.69) is 48.5 Å². The molecule has 3 aromatic rings. The highest BCUT2D eigenvalue weighted by atomic mass is 35.5. The molecule has 2 nitrogen and oxygen atoms in total. The molecule has 0 aliphatic carbocycles. The third kappa shape index (κ3) is 4.76. The summed E-state index contributed by atoms with van der Waals surface area (Å²) in [5.74, 6) is -0.934. The molecule has 3 aromatic carbocycles. The van der Waals surface area contributed by atoms with Gasteiger partial charge >= 0.3 is 5.97 Å². The lowest BCUT2D eigenvalue weighted by Gasteiger charge is -1.98.